The van der Waals surface area contributed by atoms with Gasteiger partial charge in [-0.3, -0.25) is 9.36 Å². The molecule has 0 atom stereocenters. The average molecular weight is 406 g/mol. The first kappa shape index (κ1) is 20.2. The molecule has 10 heteroatoms. The van der Waals surface area contributed by atoms with Gasteiger partial charge < -0.3 is 16.0 Å². The molecule has 0 aliphatic rings. The molecule has 0 bridgehead atoms. The zero-order valence-corrected chi connectivity index (χ0v) is 15.9. The van der Waals surface area contributed by atoms with Crippen molar-refractivity contribution < 1.29 is 0 Å². The van der Waals surface area contributed by atoms with Crippen molar-refractivity contribution in [2.75, 3.05) is 11.5 Å². The van der Waals surface area contributed by atoms with Gasteiger partial charge in [-0.25, -0.2) is 15.0 Å². The molecule has 0 radical (unpaired) electrons. The molecule has 0 aliphatic heterocycles. The highest BCUT2D eigenvalue weighted by Crippen LogP contribution is 2.29. The third-order valence-corrected chi connectivity index (χ3v) is 3.95. The van der Waals surface area contributed by atoms with Crippen molar-refractivity contribution in [2.45, 2.75) is 0 Å². The van der Waals surface area contributed by atoms with E-state index >= 15 is 0 Å². The largest absolute Gasteiger partial charge is 0.399 e. The van der Waals surface area contributed by atoms with Crippen LogP contribution in [-0.4, -0.2) is 24.1 Å². The predicted octanol–water partition coefficient (Wildman–Crippen LogP) is 2.19. The average Bonchev–Trinajstić information content (AvgIpc) is 2.98. The van der Waals surface area contributed by atoms with E-state index in [1.807, 2.05) is 22.8 Å². The molecule has 140 valence electrons. The zero-order valence-electron chi connectivity index (χ0n) is 14.2. The number of hydrogen-bond acceptors (Lipinski definition) is 6. The summed E-state index contributed by atoms with van der Waals surface area (Å²) in [5, 5.41) is 0. The number of anilines is 2. The number of aryl methyl sites for hydroxylation is 1. The lowest BCUT2D eigenvalue weighted by Crippen LogP contribution is -2.15. The molecule has 0 aliphatic carbocycles. The Morgan fingerprint density at radius 1 is 1.04 bits per heavy atom. The summed E-state index contributed by atoms with van der Waals surface area (Å²) in [4.78, 5) is 24.7. The summed E-state index contributed by atoms with van der Waals surface area (Å²) in [6.45, 7) is 0. The van der Waals surface area contributed by atoms with Crippen molar-refractivity contribution in [3.05, 3.63) is 59.3 Å². The maximum atomic E-state index is 11.7. The number of imidazole rings is 1. The summed E-state index contributed by atoms with van der Waals surface area (Å²) in [6.07, 6.45) is 3.11. The number of benzene rings is 1. The number of rotatable bonds is 2. The highest BCUT2D eigenvalue weighted by Gasteiger charge is 2.18. The quantitative estimate of drug-likeness (QED) is 0.493. The third-order valence-electron chi connectivity index (χ3n) is 3.95. The maximum Gasteiger partial charge on any atom is 0.250 e. The first-order valence-corrected chi connectivity index (χ1v) is 7.56. The van der Waals surface area contributed by atoms with Crippen molar-refractivity contribution in [2.24, 2.45) is 7.05 Å². The number of hydrogen-bond donors (Lipinski definition) is 2. The molecule has 4 aromatic rings. The molecule has 1 aromatic carbocycles. The minimum absolute atomic E-state index is 0. The van der Waals surface area contributed by atoms with Crippen LogP contribution in [0, 0.1) is 0 Å². The van der Waals surface area contributed by atoms with E-state index in [9.17, 15) is 4.79 Å². The summed E-state index contributed by atoms with van der Waals surface area (Å²) >= 11 is 0. The van der Waals surface area contributed by atoms with Gasteiger partial charge in [-0.1, -0.05) is 12.1 Å². The highest BCUT2D eigenvalue weighted by molar-refractivity contribution is 5.87. The van der Waals surface area contributed by atoms with E-state index in [1.165, 1.54) is 17.0 Å². The topological polar surface area (TPSA) is 118 Å². The van der Waals surface area contributed by atoms with Gasteiger partial charge in [-0.05, 0) is 18.2 Å². The fourth-order valence-electron chi connectivity index (χ4n) is 2.74. The smallest absolute Gasteiger partial charge is 0.250 e. The Balaban J connectivity index is 0.00000131. The Bertz CT molecular complexity index is 1170. The lowest BCUT2D eigenvalue weighted by atomic mass is 10.2. The number of nitrogen functional groups attached to an aromatic ring is 2. The van der Waals surface area contributed by atoms with Crippen LogP contribution in [0.15, 0.2) is 53.7 Å². The Labute approximate surface area is 166 Å². The van der Waals surface area contributed by atoms with Crippen LogP contribution in [0.4, 0.5) is 11.5 Å². The van der Waals surface area contributed by atoms with Gasteiger partial charge in [0, 0.05) is 30.6 Å². The number of nitrogens with zero attached hydrogens (tertiary/aromatic N) is 5. The highest BCUT2D eigenvalue weighted by atomic mass is 35.5. The number of nitrogens with two attached hydrogens (primary N) is 2. The monoisotopic (exact) mass is 405 g/mol. The second-order valence-electron chi connectivity index (χ2n) is 5.66. The number of aromatic nitrogens is 5. The van der Waals surface area contributed by atoms with Crippen LogP contribution in [0.25, 0.3) is 28.2 Å². The van der Waals surface area contributed by atoms with Crippen molar-refractivity contribution >= 4 is 47.5 Å². The Kier molecular flexibility index (Phi) is 5.72. The van der Waals surface area contributed by atoms with E-state index < -0.39 is 0 Å². The van der Waals surface area contributed by atoms with Crippen LogP contribution in [0.1, 0.15) is 0 Å². The molecule has 0 spiro atoms. The summed E-state index contributed by atoms with van der Waals surface area (Å²) < 4.78 is 3.33. The van der Waals surface area contributed by atoms with Crippen LogP contribution in [-0.2, 0) is 7.05 Å². The molecular weight excluding hydrogens is 389 g/mol. The van der Waals surface area contributed by atoms with E-state index in [-0.39, 0.29) is 30.4 Å². The maximum absolute atomic E-state index is 11.7. The second-order valence-corrected chi connectivity index (χ2v) is 5.66. The van der Waals surface area contributed by atoms with Crippen LogP contribution in [0.3, 0.4) is 0 Å². The molecule has 27 heavy (non-hydrogen) atoms. The van der Waals surface area contributed by atoms with Crippen LogP contribution >= 0.6 is 24.8 Å². The summed E-state index contributed by atoms with van der Waals surface area (Å²) in [6, 6.07) is 10.6. The summed E-state index contributed by atoms with van der Waals surface area (Å²) in [7, 11) is 1.69. The van der Waals surface area contributed by atoms with E-state index in [2.05, 4.69) is 15.0 Å². The first-order chi connectivity index (χ1) is 12.0. The fourth-order valence-corrected chi connectivity index (χ4v) is 2.74. The molecule has 0 amide bonds. The zero-order chi connectivity index (χ0) is 17.6. The van der Waals surface area contributed by atoms with Gasteiger partial charge in [0.25, 0.3) is 0 Å². The Morgan fingerprint density at radius 2 is 1.81 bits per heavy atom. The predicted molar refractivity (Wildman–Crippen MR) is 111 cm³/mol. The SMILES string of the molecule is Cl.Cl.Cn1cc(-n2c(-c3cccc(N)c3)nc3c(N)ncnc32)ccc1=O. The number of halogens is 2. The molecule has 0 saturated heterocycles. The molecule has 4 rings (SSSR count). The Hall–Kier alpha value is -3.10. The van der Waals surface area contributed by atoms with E-state index in [0.717, 1.165) is 11.3 Å². The van der Waals surface area contributed by atoms with Gasteiger partial charge in [-0.2, -0.15) is 0 Å². The van der Waals surface area contributed by atoms with Crippen molar-refractivity contribution in [3.63, 3.8) is 0 Å². The molecule has 0 saturated carbocycles. The van der Waals surface area contributed by atoms with Gasteiger partial charge in [0.1, 0.15) is 12.2 Å². The van der Waals surface area contributed by atoms with Gasteiger partial charge >= 0.3 is 0 Å². The van der Waals surface area contributed by atoms with Crippen molar-refractivity contribution in [1.29, 1.82) is 0 Å². The summed E-state index contributed by atoms with van der Waals surface area (Å²) in [5.41, 5.74) is 15.0. The molecule has 3 aromatic heterocycles. The van der Waals surface area contributed by atoms with Crippen molar-refractivity contribution in [3.8, 4) is 17.1 Å². The normalized spacial score (nSPS) is 10.3. The van der Waals surface area contributed by atoms with Crippen LogP contribution < -0.4 is 17.0 Å². The van der Waals surface area contributed by atoms with Crippen LogP contribution in [0.5, 0.6) is 0 Å². The summed E-state index contributed by atoms with van der Waals surface area (Å²) in [5.74, 6) is 0.909. The standard InChI is InChI=1S/C17H15N7O.2ClH/c1-23-8-12(5-6-13(23)25)24-16(10-3-2-4-11(18)7-10)22-14-15(19)20-9-21-17(14)24;;/h2-9H,18H2,1H3,(H2,19,20,21);2*1H. The Morgan fingerprint density at radius 3 is 2.52 bits per heavy atom. The lowest BCUT2D eigenvalue weighted by Gasteiger charge is -2.10. The molecule has 0 unspecified atom stereocenters. The van der Waals surface area contributed by atoms with Crippen molar-refractivity contribution in [1.82, 2.24) is 24.1 Å². The van der Waals surface area contributed by atoms with E-state index in [1.54, 1.807) is 25.4 Å². The fraction of sp³-hybridized carbons (Fsp3) is 0.0588. The molecular formula is C17H17Cl2N7O. The number of pyridine rings is 1. The van der Waals surface area contributed by atoms with Gasteiger partial charge in [0.2, 0.25) is 5.56 Å². The van der Waals surface area contributed by atoms with Gasteiger partial charge in [0.15, 0.2) is 17.0 Å². The van der Waals surface area contributed by atoms with E-state index in [0.29, 0.717) is 28.5 Å². The molecule has 8 nitrogen and oxygen atoms in total. The molecule has 4 N–H and O–H groups in total. The number of fused-ring (bicyclic) bond motifs is 1. The minimum Gasteiger partial charge on any atom is -0.399 e. The lowest BCUT2D eigenvalue weighted by molar-refractivity contribution is 0.846. The van der Waals surface area contributed by atoms with E-state index in [4.69, 9.17) is 11.5 Å². The third kappa shape index (κ3) is 3.44. The molecule has 3 heterocycles. The van der Waals surface area contributed by atoms with Gasteiger partial charge in [0.05, 0.1) is 5.69 Å². The first-order valence-electron chi connectivity index (χ1n) is 7.56. The minimum atomic E-state index is -0.104. The molecule has 0 fully saturated rings. The van der Waals surface area contributed by atoms with Crippen LogP contribution in [0.2, 0.25) is 0 Å². The second kappa shape index (κ2) is 7.65. The van der Waals surface area contributed by atoms with Gasteiger partial charge in [-0.15, -0.1) is 24.8 Å².